The Kier molecular flexibility index (Phi) is 6.28. The lowest BCUT2D eigenvalue weighted by Gasteiger charge is -2.32. The van der Waals surface area contributed by atoms with Crippen LogP contribution >= 0.6 is 0 Å². The number of nitrogens with one attached hydrogen (secondary N) is 1. The third-order valence-electron chi connectivity index (χ3n) is 5.38. The van der Waals surface area contributed by atoms with Crippen LogP contribution in [0.5, 0.6) is 0 Å². The van der Waals surface area contributed by atoms with E-state index in [9.17, 15) is 9.59 Å². The van der Waals surface area contributed by atoms with Crippen LogP contribution in [0.4, 0.5) is 0 Å². The van der Waals surface area contributed by atoms with Crippen LogP contribution in [0.2, 0.25) is 0 Å². The van der Waals surface area contributed by atoms with E-state index >= 15 is 0 Å². The molecule has 1 heterocycles. The molecule has 1 aliphatic heterocycles. The quantitative estimate of drug-likeness (QED) is 0.868. The second-order valence-corrected chi connectivity index (χ2v) is 7.31. The average Bonchev–Trinajstić information content (AvgIpc) is 2.72. The van der Waals surface area contributed by atoms with Crippen molar-refractivity contribution in [2.24, 2.45) is 5.92 Å². The Labute approximate surface area is 161 Å². The van der Waals surface area contributed by atoms with Crippen LogP contribution in [-0.4, -0.2) is 29.8 Å². The first-order valence-corrected chi connectivity index (χ1v) is 9.79. The van der Waals surface area contributed by atoms with E-state index < -0.39 is 0 Å². The first-order valence-electron chi connectivity index (χ1n) is 9.79. The van der Waals surface area contributed by atoms with Crippen molar-refractivity contribution in [2.45, 2.75) is 39.2 Å². The molecule has 142 valence electrons. The highest BCUT2D eigenvalue weighted by atomic mass is 16.2. The minimum atomic E-state index is -0.0233. The van der Waals surface area contributed by atoms with E-state index in [1.807, 2.05) is 54.3 Å². The van der Waals surface area contributed by atoms with Gasteiger partial charge in [0.15, 0.2) is 0 Å². The van der Waals surface area contributed by atoms with Crippen molar-refractivity contribution in [3.8, 4) is 0 Å². The van der Waals surface area contributed by atoms with Gasteiger partial charge in [0.2, 0.25) is 5.91 Å². The summed E-state index contributed by atoms with van der Waals surface area (Å²) < 4.78 is 0. The lowest BCUT2D eigenvalue weighted by atomic mass is 9.94. The van der Waals surface area contributed by atoms with E-state index in [1.54, 1.807) is 0 Å². The lowest BCUT2D eigenvalue weighted by Crippen LogP contribution is -2.43. The fraction of sp³-hybridized carbons (Fsp3) is 0.391. The summed E-state index contributed by atoms with van der Waals surface area (Å²) in [6.45, 7) is 5.36. The second kappa shape index (κ2) is 8.85. The average molecular weight is 364 g/mol. The number of hydrogen-bond acceptors (Lipinski definition) is 2. The normalized spacial score (nSPS) is 16.0. The number of piperidine rings is 1. The molecule has 1 aliphatic rings. The maximum absolute atomic E-state index is 12.7. The second-order valence-electron chi connectivity index (χ2n) is 7.31. The molecule has 1 fully saturated rings. The molecule has 4 heteroatoms. The maximum atomic E-state index is 12.7. The van der Waals surface area contributed by atoms with E-state index in [0.29, 0.717) is 25.9 Å². The minimum absolute atomic E-state index is 0.0233. The monoisotopic (exact) mass is 364 g/mol. The van der Waals surface area contributed by atoms with Crippen molar-refractivity contribution < 1.29 is 9.59 Å². The van der Waals surface area contributed by atoms with Gasteiger partial charge in [0.25, 0.3) is 5.91 Å². The van der Waals surface area contributed by atoms with Crippen LogP contribution in [0, 0.1) is 12.8 Å². The summed E-state index contributed by atoms with van der Waals surface area (Å²) in [7, 11) is 0. The fourth-order valence-electron chi connectivity index (χ4n) is 3.62. The first-order chi connectivity index (χ1) is 13.1. The summed E-state index contributed by atoms with van der Waals surface area (Å²) in [5.74, 6) is 0.141. The van der Waals surface area contributed by atoms with E-state index in [4.69, 9.17) is 0 Å². The molecular weight excluding hydrogens is 336 g/mol. The zero-order chi connectivity index (χ0) is 19.2. The van der Waals surface area contributed by atoms with Gasteiger partial charge in [-0.15, -0.1) is 0 Å². The van der Waals surface area contributed by atoms with Crippen LogP contribution < -0.4 is 5.32 Å². The zero-order valence-corrected chi connectivity index (χ0v) is 16.2. The van der Waals surface area contributed by atoms with Crippen LogP contribution in [0.25, 0.3) is 0 Å². The molecule has 0 saturated carbocycles. The molecule has 4 nitrogen and oxygen atoms in total. The third-order valence-corrected chi connectivity index (χ3v) is 5.38. The van der Waals surface area contributed by atoms with E-state index in [2.05, 4.69) is 24.4 Å². The SMILES string of the molecule is CC[C@H](NC(=O)C1CCN(C(=O)c2ccc(C)cc2)CC1)c1ccccc1. The maximum Gasteiger partial charge on any atom is 0.253 e. The highest BCUT2D eigenvalue weighted by Gasteiger charge is 2.28. The first kappa shape index (κ1) is 19.2. The number of benzene rings is 2. The van der Waals surface area contributed by atoms with Gasteiger partial charge in [-0.2, -0.15) is 0 Å². The number of nitrogens with zero attached hydrogens (tertiary/aromatic N) is 1. The van der Waals surface area contributed by atoms with Gasteiger partial charge in [0, 0.05) is 24.6 Å². The fourth-order valence-corrected chi connectivity index (χ4v) is 3.62. The van der Waals surface area contributed by atoms with Gasteiger partial charge in [-0.3, -0.25) is 9.59 Å². The van der Waals surface area contributed by atoms with Crippen LogP contribution in [0.15, 0.2) is 54.6 Å². The largest absolute Gasteiger partial charge is 0.349 e. The van der Waals surface area contributed by atoms with Crippen LogP contribution in [0.3, 0.4) is 0 Å². The number of aryl methyl sites for hydroxylation is 1. The molecule has 3 rings (SSSR count). The van der Waals surface area contributed by atoms with Gasteiger partial charge >= 0.3 is 0 Å². The Balaban J connectivity index is 1.54. The number of carbonyl (C=O) groups excluding carboxylic acids is 2. The van der Waals surface area contributed by atoms with Crippen LogP contribution in [-0.2, 0) is 4.79 Å². The number of likely N-dealkylation sites (tertiary alicyclic amines) is 1. The molecule has 2 amide bonds. The molecule has 0 aliphatic carbocycles. The molecule has 0 spiro atoms. The summed E-state index contributed by atoms with van der Waals surface area (Å²) in [5, 5.41) is 3.19. The van der Waals surface area contributed by atoms with Crippen molar-refractivity contribution in [1.29, 1.82) is 0 Å². The summed E-state index contributed by atoms with van der Waals surface area (Å²) in [5.41, 5.74) is 3.00. The molecule has 0 radical (unpaired) electrons. The van der Waals surface area contributed by atoms with Gasteiger partial charge < -0.3 is 10.2 Å². The molecule has 0 unspecified atom stereocenters. The highest BCUT2D eigenvalue weighted by Crippen LogP contribution is 2.22. The molecular formula is C23H28N2O2. The Morgan fingerprint density at radius 1 is 1.04 bits per heavy atom. The molecule has 1 N–H and O–H groups in total. The van der Waals surface area contributed by atoms with Gasteiger partial charge in [0.05, 0.1) is 6.04 Å². The van der Waals surface area contributed by atoms with Crippen molar-refractivity contribution in [1.82, 2.24) is 10.2 Å². The van der Waals surface area contributed by atoms with Gasteiger partial charge in [0.1, 0.15) is 0 Å². The molecule has 2 aromatic rings. The van der Waals surface area contributed by atoms with Crippen molar-refractivity contribution in [3.63, 3.8) is 0 Å². The van der Waals surface area contributed by atoms with Crippen molar-refractivity contribution in [3.05, 3.63) is 71.3 Å². The molecule has 0 bridgehead atoms. The number of carbonyl (C=O) groups is 2. The Bertz CT molecular complexity index is 763. The predicted molar refractivity (Wildman–Crippen MR) is 107 cm³/mol. The summed E-state index contributed by atoms with van der Waals surface area (Å²) in [4.78, 5) is 27.2. The standard InChI is InChI=1S/C23H28N2O2/c1-3-21(18-7-5-4-6-8-18)24-22(26)19-13-15-25(16-14-19)23(27)20-11-9-17(2)10-12-20/h4-12,19,21H,3,13-16H2,1-2H3,(H,24,26)/t21-/m0/s1. The number of rotatable bonds is 5. The van der Waals surface area contributed by atoms with Gasteiger partial charge in [-0.05, 0) is 43.9 Å². The smallest absolute Gasteiger partial charge is 0.253 e. The topological polar surface area (TPSA) is 49.4 Å². The van der Waals surface area contributed by atoms with Gasteiger partial charge in [-0.25, -0.2) is 0 Å². The van der Waals surface area contributed by atoms with E-state index in [1.165, 1.54) is 0 Å². The third kappa shape index (κ3) is 4.76. The Hall–Kier alpha value is -2.62. The zero-order valence-electron chi connectivity index (χ0n) is 16.2. The molecule has 1 atom stereocenters. The van der Waals surface area contributed by atoms with Crippen LogP contribution in [0.1, 0.15) is 53.7 Å². The predicted octanol–water partition coefficient (Wildman–Crippen LogP) is 4.11. The van der Waals surface area contributed by atoms with Gasteiger partial charge in [-0.1, -0.05) is 55.0 Å². The Morgan fingerprint density at radius 2 is 1.67 bits per heavy atom. The lowest BCUT2D eigenvalue weighted by molar-refractivity contribution is -0.127. The molecule has 27 heavy (non-hydrogen) atoms. The Morgan fingerprint density at radius 3 is 2.26 bits per heavy atom. The molecule has 0 aromatic heterocycles. The molecule has 1 saturated heterocycles. The number of hydrogen-bond donors (Lipinski definition) is 1. The van der Waals surface area contributed by atoms with Crippen molar-refractivity contribution >= 4 is 11.8 Å². The van der Waals surface area contributed by atoms with Crippen molar-refractivity contribution in [2.75, 3.05) is 13.1 Å². The van der Waals surface area contributed by atoms with E-state index in [0.717, 1.165) is 23.1 Å². The number of amides is 2. The summed E-state index contributed by atoms with van der Waals surface area (Å²) >= 11 is 0. The van der Waals surface area contributed by atoms with E-state index in [-0.39, 0.29) is 23.8 Å². The summed E-state index contributed by atoms with van der Waals surface area (Å²) in [6.07, 6.45) is 2.30. The molecule has 2 aromatic carbocycles. The minimum Gasteiger partial charge on any atom is -0.349 e. The summed E-state index contributed by atoms with van der Waals surface area (Å²) in [6, 6.07) is 17.8. The highest BCUT2D eigenvalue weighted by molar-refractivity contribution is 5.94.